The molecule has 170 valence electrons. The van der Waals surface area contributed by atoms with Crippen LogP contribution in [-0.4, -0.2) is 50.4 Å². The number of hydrogen-bond acceptors (Lipinski definition) is 5. The summed E-state index contributed by atoms with van der Waals surface area (Å²) in [6.07, 6.45) is 6.91. The zero-order valence-corrected chi connectivity index (χ0v) is 19.7. The van der Waals surface area contributed by atoms with E-state index >= 15 is 0 Å². The highest BCUT2D eigenvalue weighted by Gasteiger charge is 2.34. The molecule has 1 amide bonds. The highest BCUT2D eigenvalue weighted by atomic mass is 35.5. The van der Waals surface area contributed by atoms with E-state index in [1.54, 1.807) is 24.5 Å². The van der Waals surface area contributed by atoms with Crippen molar-refractivity contribution >= 4 is 51.6 Å². The molecule has 2 aromatic heterocycles. The van der Waals surface area contributed by atoms with Crippen molar-refractivity contribution in [3.05, 3.63) is 46.8 Å². The number of anilines is 2. The molecule has 1 fully saturated rings. The molecule has 3 atom stereocenters. The molecule has 7 nitrogen and oxygen atoms in total. The van der Waals surface area contributed by atoms with Gasteiger partial charge < -0.3 is 20.5 Å². The second kappa shape index (κ2) is 9.96. The fourth-order valence-corrected chi connectivity index (χ4v) is 4.92. The zero-order chi connectivity index (χ0) is 22.7. The summed E-state index contributed by atoms with van der Waals surface area (Å²) in [6, 6.07) is 7.02. The number of carbonyl (C=O) groups excluding carboxylic acids is 1. The maximum atomic E-state index is 13.6. The van der Waals surface area contributed by atoms with Crippen LogP contribution in [0.1, 0.15) is 39.5 Å². The molecule has 2 unspecified atom stereocenters. The Labute approximate surface area is 197 Å². The molecule has 3 N–H and O–H groups in total. The van der Waals surface area contributed by atoms with E-state index < -0.39 is 0 Å². The van der Waals surface area contributed by atoms with Crippen molar-refractivity contribution in [2.45, 2.75) is 57.7 Å². The van der Waals surface area contributed by atoms with Gasteiger partial charge in [0.15, 0.2) is 0 Å². The quantitative estimate of drug-likeness (QED) is 0.430. The molecule has 1 aliphatic rings. The predicted molar refractivity (Wildman–Crippen MR) is 130 cm³/mol. The van der Waals surface area contributed by atoms with E-state index in [2.05, 4.69) is 39.4 Å². The van der Waals surface area contributed by atoms with Crippen LogP contribution in [0.15, 0.2) is 36.8 Å². The Morgan fingerprint density at radius 1 is 1.28 bits per heavy atom. The van der Waals surface area contributed by atoms with Gasteiger partial charge in [-0.15, -0.1) is 0 Å². The molecule has 3 heterocycles. The molecule has 1 saturated heterocycles. The van der Waals surface area contributed by atoms with Crippen LogP contribution in [0.5, 0.6) is 0 Å². The van der Waals surface area contributed by atoms with Crippen molar-refractivity contribution in [1.29, 1.82) is 0 Å². The third kappa shape index (κ3) is 4.94. The lowest BCUT2D eigenvalue weighted by molar-refractivity contribution is -0.135. The summed E-state index contributed by atoms with van der Waals surface area (Å²) in [6.45, 7) is 4.91. The smallest absolute Gasteiger partial charge is 0.245 e. The van der Waals surface area contributed by atoms with Crippen molar-refractivity contribution in [2.24, 2.45) is 0 Å². The summed E-state index contributed by atoms with van der Waals surface area (Å²) in [5, 5.41) is 8.95. The lowest BCUT2D eigenvalue weighted by Gasteiger charge is -2.41. The number of rotatable bonds is 7. The number of carbonyl (C=O) groups is 1. The molecule has 32 heavy (non-hydrogen) atoms. The first-order valence-electron chi connectivity index (χ1n) is 11.0. The average Bonchev–Trinajstić information content (AvgIpc) is 3.24. The third-order valence-electron chi connectivity index (χ3n) is 6.03. The van der Waals surface area contributed by atoms with Gasteiger partial charge in [-0.25, -0.2) is 9.97 Å². The van der Waals surface area contributed by atoms with Crippen LogP contribution >= 0.6 is 23.2 Å². The van der Waals surface area contributed by atoms with E-state index in [9.17, 15) is 4.79 Å². The number of fused-ring (bicyclic) bond motifs is 1. The topological polar surface area (TPSA) is 85.9 Å². The van der Waals surface area contributed by atoms with E-state index in [0.717, 1.165) is 54.8 Å². The molecule has 1 aromatic carbocycles. The fraction of sp³-hybridized carbons (Fsp3) is 0.435. The molecule has 0 spiro atoms. The van der Waals surface area contributed by atoms with Gasteiger partial charge in [-0.2, -0.15) is 0 Å². The van der Waals surface area contributed by atoms with Gasteiger partial charge in [0, 0.05) is 40.6 Å². The lowest BCUT2D eigenvalue weighted by Crippen LogP contribution is -2.55. The van der Waals surface area contributed by atoms with Gasteiger partial charge in [-0.1, -0.05) is 36.5 Å². The van der Waals surface area contributed by atoms with Gasteiger partial charge in [0.05, 0.1) is 5.39 Å². The SMILES string of the molecule is CCC[C@@H](Nc1cc(Cl)cc(Cl)c1)C(=O)N1CCCC(Nc2ncnc3[nH]ccc23)C1C. The Bertz CT molecular complexity index is 1070. The molecule has 4 rings (SSSR count). The van der Waals surface area contributed by atoms with Crippen molar-refractivity contribution in [2.75, 3.05) is 17.2 Å². The first kappa shape index (κ1) is 22.7. The van der Waals surface area contributed by atoms with E-state index in [1.165, 1.54) is 0 Å². The van der Waals surface area contributed by atoms with Crippen LogP contribution in [0.3, 0.4) is 0 Å². The largest absolute Gasteiger partial charge is 0.374 e. The summed E-state index contributed by atoms with van der Waals surface area (Å²) in [4.78, 5) is 27.4. The normalized spacial score (nSPS) is 19.7. The Hall–Kier alpha value is -2.51. The van der Waals surface area contributed by atoms with Gasteiger partial charge >= 0.3 is 0 Å². The summed E-state index contributed by atoms with van der Waals surface area (Å²) < 4.78 is 0. The highest BCUT2D eigenvalue weighted by molar-refractivity contribution is 6.35. The van der Waals surface area contributed by atoms with E-state index in [0.29, 0.717) is 10.0 Å². The predicted octanol–water partition coefficient (Wildman–Crippen LogP) is 5.34. The Morgan fingerprint density at radius 2 is 2.06 bits per heavy atom. The standard InChI is InChI=1S/C23H28Cl2N6O/c1-3-5-20(29-17-11-15(24)10-16(25)12-17)23(32)31-9-4-6-19(14(31)2)30-22-18-7-8-26-21(18)27-13-28-22/h7-8,10-14,19-20,29H,3-6,9H2,1-2H3,(H2,26,27,28,30)/t14?,19?,20-/m1/s1. The maximum absolute atomic E-state index is 13.6. The Morgan fingerprint density at radius 3 is 2.81 bits per heavy atom. The maximum Gasteiger partial charge on any atom is 0.245 e. The molecule has 9 heteroatoms. The van der Waals surface area contributed by atoms with E-state index in [-0.39, 0.29) is 24.0 Å². The molecule has 1 aliphatic heterocycles. The number of aromatic amines is 1. The third-order valence-corrected chi connectivity index (χ3v) is 6.46. The Balaban J connectivity index is 1.50. The van der Waals surface area contributed by atoms with E-state index in [4.69, 9.17) is 23.2 Å². The molecule has 0 saturated carbocycles. The molecular weight excluding hydrogens is 447 g/mol. The second-order valence-electron chi connectivity index (χ2n) is 8.27. The molecule has 0 aliphatic carbocycles. The van der Waals surface area contributed by atoms with Crippen LogP contribution in [-0.2, 0) is 4.79 Å². The molecule has 0 bridgehead atoms. The number of nitrogens with zero attached hydrogens (tertiary/aromatic N) is 3. The average molecular weight is 475 g/mol. The zero-order valence-electron chi connectivity index (χ0n) is 18.2. The summed E-state index contributed by atoms with van der Waals surface area (Å²) in [7, 11) is 0. The van der Waals surface area contributed by atoms with Gasteiger partial charge in [0.1, 0.15) is 23.8 Å². The van der Waals surface area contributed by atoms with Crippen molar-refractivity contribution < 1.29 is 4.79 Å². The monoisotopic (exact) mass is 474 g/mol. The van der Waals surface area contributed by atoms with Crippen LogP contribution < -0.4 is 10.6 Å². The Kier molecular flexibility index (Phi) is 7.06. The van der Waals surface area contributed by atoms with Crippen molar-refractivity contribution in [3.8, 4) is 0 Å². The van der Waals surface area contributed by atoms with Gasteiger partial charge in [-0.3, -0.25) is 4.79 Å². The van der Waals surface area contributed by atoms with Crippen LogP contribution in [0, 0.1) is 0 Å². The van der Waals surface area contributed by atoms with E-state index in [1.807, 2.05) is 17.2 Å². The van der Waals surface area contributed by atoms with Crippen LogP contribution in [0.2, 0.25) is 10.0 Å². The molecular formula is C23H28Cl2N6O. The number of benzene rings is 1. The molecule has 3 aromatic rings. The van der Waals surface area contributed by atoms with Crippen molar-refractivity contribution in [1.82, 2.24) is 19.9 Å². The fourth-order valence-electron chi connectivity index (χ4n) is 4.39. The molecule has 0 radical (unpaired) electrons. The first-order chi connectivity index (χ1) is 15.5. The van der Waals surface area contributed by atoms with Crippen LogP contribution in [0.4, 0.5) is 11.5 Å². The second-order valence-corrected chi connectivity index (χ2v) is 9.14. The number of nitrogens with one attached hydrogen (secondary N) is 3. The number of piperidine rings is 1. The number of hydrogen-bond donors (Lipinski definition) is 3. The van der Waals surface area contributed by atoms with Crippen LogP contribution in [0.25, 0.3) is 11.0 Å². The minimum Gasteiger partial charge on any atom is -0.374 e. The minimum absolute atomic E-state index is 0.0179. The number of likely N-dealkylation sites (tertiary alicyclic amines) is 1. The summed E-state index contributed by atoms with van der Waals surface area (Å²) in [5.41, 5.74) is 1.55. The number of halogens is 2. The van der Waals surface area contributed by atoms with Gasteiger partial charge in [-0.05, 0) is 50.5 Å². The summed E-state index contributed by atoms with van der Waals surface area (Å²) >= 11 is 12.3. The minimum atomic E-state index is -0.342. The number of H-pyrrole nitrogens is 1. The number of amides is 1. The van der Waals surface area contributed by atoms with Gasteiger partial charge in [0.2, 0.25) is 5.91 Å². The lowest BCUT2D eigenvalue weighted by atomic mass is 9.95. The summed E-state index contributed by atoms with van der Waals surface area (Å²) in [5.74, 6) is 0.885. The number of aromatic nitrogens is 3. The first-order valence-corrected chi connectivity index (χ1v) is 11.8. The highest BCUT2D eigenvalue weighted by Crippen LogP contribution is 2.27. The van der Waals surface area contributed by atoms with Gasteiger partial charge in [0.25, 0.3) is 0 Å². The van der Waals surface area contributed by atoms with Crippen molar-refractivity contribution in [3.63, 3.8) is 0 Å².